The van der Waals surface area contributed by atoms with E-state index in [9.17, 15) is 4.79 Å². The molecule has 0 aliphatic rings. The number of carbonyl (C=O) groups is 1. The second-order valence-corrected chi connectivity index (χ2v) is 5.83. The zero-order chi connectivity index (χ0) is 17.1. The van der Waals surface area contributed by atoms with E-state index >= 15 is 0 Å². The highest BCUT2D eigenvalue weighted by molar-refractivity contribution is 5.79. The number of anilines is 1. The third kappa shape index (κ3) is 3.23. The molecule has 1 amide bonds. The van der Waals surface area contributed by atoms with Crippen molar-refractivity contribution in [1.82, 2.24) is 14.9 Å². The van der Waals surface area contributed by atoms with Crippen LogP contribution < -0.4 is 10.8 Å². The van der Waals surface area contributed by atoms with Gasteiger partial charge in [-0.05, 0) is 37.1 Å². The SMILES string of the molecule is Cc1cc(C)n2c(NCC(=O)NO)c(Cc3ccccc3)nc2c1. The minimum absolute atomic E-state index is 0.0284. The summed E-state index contributed by atoms with van der Waals surface area (Å²) in [7, 11) is 0. The number of hydrogen-bond acceptors (Lipinski definition) is 4. The van der Waals surface area contributed by atoms with Gasteiger partial charge in [-0.15, -0.1) is 0 Å². The van der Waals surface area contributed by atoms with Gasteiger partial charge in [-0.25, -0.2) is 10.5 Å². The Hall–Kier alpha value is -2.86. The van der Waals surface area contributed by atoms with Gasteiger partial charge in [0.15, 0.2) is 0 Å². The number of nitrogens with one attached hydrogen (secondary N) is 2. The topological polar surface area (TPSA) is 78.7 Å². The maximum atomic E-state index is 11.4. The van der Waals surface area contributed by atoms with E-state index in [2.05, 4.69) is 11.4 Å². The van der Waals surface area contributed by atoms with Gasteiger partial charge in [0.05, 0.1) is 12.2 Å². The molecule has 0 aliphatic heterocycles. The van der Waals surface area contributed by atoms with Crippen LogP contribution in [0.4, 0.5) is 5.82 Å². The van der Waals surface area contributed by atoms with Crippen LogP contribution in [0.25, 0.3) is 5.65 Å². The fourth-order valence-corrected chi connectivity index (χ4v) is 2.88. The molecule has 24 heavy (non-hydrogen) atoms. The summed E-state index contributed by atoms with van der Waals surface area (Å²) in [6, 6.07) is 14.1. The molecule has 3 aromatic rings. The molecule has 6 heteroatoms. The van der Waals surface area contributed by atoms with Gasteiger partial charge < -0.3 is 5.32 Å². The van der Waals surface area contributed by atoms with Gasteiger partial charge in [0.25, 0.3) is 5.91 Å². The summed E-state index contributed by atoms with van der Waals surface area (Å²) in [5, 5.41) is 11.8. The van der Waals surface area contributed by atoms with Crippen LogP contribution in [-0.2, 0) is 11.2 Å². The fraction of sp³-hybridized carbons (Fsp3) is 0.222. The second kappa shape index (κ2) is 6.72. The summed E-state index contributed by atoms with van der Waals surface area (Å²) < 4.78 is 2.00. The molecule has 0 fully saturated rings. The van der Waals surface area contributed by atoms with Gasteiger partial charge in [0.1, 0.15) is 11.5 Å². The van der Waals surface area contributed by atoms with Crippen molar-refractivity contribution in [1.29, 1.82) is 0 Å². The van der Waals surface area contributed by atoms with Crippen LogP contribution in [0.2, 0.25) is 0 Å². The first kappa shape index (κ1) is 16.0. The first-order chi connectivity index (χ1) is 11.6. The highest BCUT2D eigenvalue weighted by Gasteiger charge is 2.15. The lowest BCUT2D eigenvalue weighted by atomic mass is 10.1. The molecule has 124 valence electrons. The number of amides is 1. The third-order valence-electron chi connectivity index (χ3n) is 3.88. The van der Waals surface area contributed by atoms with Crippen molar-refractivity contribution >= 4 is 17.4 Å². The van der Waals surface area contributed by atoms with Crippen molar-refractivity contribution in [3.05, 3.63) is 65.0 Å². The number of pyridine rings is 1. The first-order valence-electron chi connectivity index (χ1n) is 7.78. The zero-order valence-corrected chi connectivity index (χ0v) is 13.7. The fourth-order valence-electron chi connectivity index (χ4n) is 2.88. The lowest BCUT2D eigenvalue weighted by Gasteiger charge is -2.10. The van der Waals surface area contributed by atoms with E-state index in [-0.39, 0.29) is 6.54 Å². The third-order valence-corrected chi connectivity index (χ3v) is 3.88. The van der Waals surface area contributed by atoms with Crippen molar-refractivity contribution < 1.29 is 10.0 Å². The van der Waals surface area contributed by atoms with Gasteiger partial charge in [0, 0.05) is 12.1 Å². The van der Waals surface area contributed by atoms with Crippen LogP contribution in [0.15, 0.2) is 42.5 Å². The van der Waals surface area contributed by atoms with Gasteiger partial charge >= 0.3 is 0 Å². The number of aromatic nitrogens is 2. The van der Waals surface area contributed by atoms with Gasteiger partial charge in [0.2, 0.25) is 0 Å². The van der Waals surface area contributed by atoms with Crippen LogP contribution in [0, 0.1) is 13.8 Å². The maximum Gasteiger partial charge on any atom is 0.262 e. The largest absolute Gasteiger partial charge is 0.360 e. The molecule has 3 rings (SSSR count). The molecule has 0 atom stereocenters. The number of benzene rings is 1. The summed E-state index contributed by atoms with van der Waals surface area (Å²) in [6.07, 6.45) is 0.657. The van der Waals surface area contributed by atoms with Crippen molar-refractivity contribution in [2.75, 3.05) is 11.9 Å². The van der Waals surface area contributed by atoms with E-state index < -0.39 is 5.91 Å². The molecular weight excluding hydrogens is 304 g/mol. The first-order valence-corrected chi connectivity index (χ1v) is 7.78. The molecule has 0 radical (unpaired) electrons. The van der Waals surface area contributed by atoms with Gasteiger partial charge in [-0.1, -0.05) is 30.3 Å². The molecule has 1 aromatic carbocycles. The van der Waals surface area contributed by atoms with E-state index in [1.165, 1.54) is 0 Å². The van der Waals surface area contributed by atoms with E-state index in [0.29, 0.717) is 6.42 Å². The smallest absolute Gasteiger partial charge is 0.262 e. The van der Waals surface area contributed by atoms with Crippen LogP contribution in [0.5, 0.6) is 0 Å². The summed E-state index contributed by atoms with van der Waals surface area (Å²) in [5.41, 5.74) is 6.65. The van der Waals surface area contributed by atoms with Gasteiger partial charge in [-0.2, -0.15) is 0 Å². The molecule has 2 aromatic heterocycles. The molecule has 0 saturated heterocycles. The van der Waals surface area contributed by atoms with E-state index in [1.807, 2.05) is 54.6 Å². The number of hydrogen-bond donors (Lipinski definition) is 3. The van der Waals surface area contributed by atoms with Crippen LogP contribution >= 0.6 is 0 Å². The zero-order valence-electron chi connectivity index (χ0n) is 13.7. The number of fused-ring (bicyclic) bond motifs is 1. The van der Waals surface area contributed by atoms with Crippen molar-refractivity contribution in [2.45, 2.75) is 20.3 Å². The van der Waals surface area contributed by atoms with Gasteiger partial charge in [-0.3, -0.25) is 14.4 Å². The van der Waals surface area contributed by atoms with Crippen LogP contribution in [0.1, 0.15) is 22.5 Å². The standard InChI is InChI=1S/C18H20N4O2/c1-12-8-13(2)22-16(9-12)20-15(10-14-6-4-3-5-7-14)18(22)19-11-17(23)21-24/h3-9,19,24H,10-11H2,1-2H3,(H,21,23). The number of rotatable bonds is 5. The lowest BCUT2D eigenvalue weighted by Crippen LogP contribution is -2.27. The monoisotopic (exact) mass is 324 g/mol. The molecule has 0 aliphatic carbocycles. The molecule has 0 unspecified atom stereocenters. The Bertz CT molecular complexity index is 872. The Kier molecular flexibility index (Phi) is 4.48. The predicted molar refractivity (Wildman–Crippen MR) is 92.3 cm³/mol. The second-order valence-electron chi connectivity index (χ2n) is 5.83. The summed E-state index contributed by atoms with van der Waals surface area (Å²) in [6.45, 7) is 4.01. The van der Waals surface area contributed by atoms with E-state index in [4.69, 9.17) is 10.2 Å². The Balaban J connectivity index is 2.05. The molecule has 0 bridgehead atoms. The minimum atomic E-state index is -0.500. The number of hydroxylamine groups is 1. The molecule has 2 heterocycles. The summed E-state index contributed by atoms with van der Waals surface area (Å²) in [4.78, 5) is 16.1. The highest BCUT2D eigenvalue weighted by Crippen LogP contribution is 2.24. The van der Waals surface area contributed by atoms with E-state index in [1.54, 1.807) is 5.48 Å². The molecule has 6 nitrogen and oxygen atoms in total. The number of aryl methyl sites for hydroxylation is 2. The quantitative estimate of drug-likeness (QED) is 0.497. The number of carbonyl (C=O) groups excluding carboxylic acids is 1. The highest BCUT2D eigenvalue weighted by atomic mass is 16.5. The maximum absolute atomic E-state index is 11.4. The summed E-state index contributed by atoms with van der Waals surface area (Å²) in [5.74, 6) is 0.273. The molecular formula is C18H20N4O2. The average Bonchev–Trinajstić information content (AvgIpc) is 2.90. The molecule has 0 saturated carbocycles. The Labute approximate surface area is 140 Å². The Morgan fingerprint density at radius 1 is 1.21 bits per heavy atom. The van der Waals surface area contributed by atoms with Crippen molar-refractivity contribution in [3.8, 4) is 0 Å². The summed E-state index contributed by atoms with van der Waals surface area (Å²) >= 11 is 0. The van der Waals surface area contributed by atoms with Crippen molar-refractivity contribution in [3.63, 3.8) is 0 Å². The Morgan fingerprint density at radius 3 is 2.67 bits per heavy atom. The minimum Gasteiger partial charge on any atom is -0.360 e. The normalized spacial score (nSPS) is 10.8. The molecule has 0 spiro atoms. The van der Waals surface area contributed by atoms with Crippen LogP contribution in [-0.4, -0.2) is 27.0 Å². The molecule has 3 N–H and O–H groups in total. The van der Waals surface area contributed by atoms with Crippen LogP contribution in [0.3, 0.4) is 0 Å². The lowest BCUT2D eigenvalue weighted by molar-refractivity contribution is -0.127. The van der Waals surface area contributed by atoms with E-state index in [0.717, 1.165) is 34.0 Å². The van der Waals surface area contributed by atoms with Crippen molar-refractivity contribution in [2.24, 2.45) is 0 Å². The number of imidazole rings is 1. The average molecular weight is 324 g/mol. The number of nitrogens with zero attached hydrogens (tertiary/aromatic N) is 2. The predicted octanol–water partition coefficient (Wildman–Crippen LogP) is 2.46. The Morgan fingerprint density at radius 2 is 1.96 bits per heavy atom.